The molecule has 1 saturated heterocycles. The molecule has 3 heteroatoms. The second-order valence-corrected chi connectivity index (χ2v) is 4.35. The first-order chi connectivity index (χ1) is 6.71. The molecule has 14 heavy (non-hydrogen) atoms. The summed E-state index contributed by atoms with van der Waals surface area (Å²) in [6.45, 7) is 2.57. The van der Waals surface area contributed by atoms with E-state index in [4.69, 9.17) is 4.74 Å². The molecule has 2 unspecified atom stereocenters. The van der Waals surface area contributed by atoms with Crippen molar-refractivity contribution in [3.05, 3.63) is 0 Å². The van der Waals surface area contributed by atoms with Gasteiger partial charge in [0, 0.05) is 12.3 Å². The zero-order chi connectivity index (χ0) is 10.2. The van der Waals surface area contributed by atoms with Crippen LogP contribution in [0.15, 0.2) is 0 Å². The Bertz CT molecular complexity index is 272. The van der Waals surface area contributed by atoms with Gasteiger partial charge in [-0.3, -0.25) is 9.59 Å². The molecule has 0 aromatic rings. The highest BCUT2D eigenvalue weighted by Crippen LogP contribution is 2.58. The Morgan fingerprint density at radius 3 is 2.86 bits per heavy atom. The number of rotatable bonds is 5. The first-order valence-corrected chi connectivity index (χ1v) is 5.42. The maximum Gasteiger partial charge on any atom is 0.320 e. The summed E-state index contributed by atoms with van der Waals surface area (Å²) in [6, 6.07) is 0. The van der Waals surface area contributed by atoms with Crippen molar-refractivity contribution in [2.75, 3.05) is 6.61 Å². The van der Waals surface area contributed by atoms with Crippen LogP contribution in [0, 0.1) is 11.3 Å². The molecule has 1 aliphatic carbocycles. The number of hydrogen-bond acceptors (Lipinski definition) is 3. The lowest BCUT2D eigenvalue weighted by Gasteiger charge is -2.07. The normalized spacial score (nSPS) is 33.8. The SMILES string of the molecule is CCCCCC(=O)C12CC1COC2=O. The van der Waals surface area contributed by atoms with Gasteiger partial charge in [0.2, 0.25) is 0 Å². The van der Waals surface area contributed by atoms with Gasteiger partial charge in [0.15, 0.2) is 5.78 Å². The molecule has 0 spiro atoms. The van der Waals surface area contributed by atoms with E-state index >= 15 is 0 Å². The van der Waals surface area contributed by atoms with E-state index in [0.29, 0.717) is 13.0 Å². The fourth-order valence-corrected chi connectivity index (χ4v) is 2.30. The van der Waals surface area contributed by atoms with Crippen LogP contribution >= 0.6 is 0 Å². The second kappa shape index (κ2) is 3.37. The van der Waals surface area contributed by atoms with Gasteiger partial charge >= 0.3 is 5.97 Å². The first kappa shape index (κ1) is 9.69. The molecule has 0 radical (unpaired) electrons. The van der Waals surface area contributed by atoms with Gasteiger partial charge in [0.1, 0.15) is 5.41 Å². The molecule has 3 nitrogen and oxygen atoms in total. The summed E-state index contributed by atoms with van der Waals surface area (Å²) in [5.74, 6) is 0.0755. The molecule has 1 saturated carbocycles. The topological polar surface area (TPSA) is 43.4 Å². The molecule has 0 amide bonds. The Kier molecular flexibility index (Phi) is 2.33. The van der Waals surface area contributed by atoms with E-state index in [0.717, 1.165) is 25.7 Å². The number of fused-ring (bicyclic) bond motifs is 1. The highest BCUT2D eigenvalue weighted by atomic mass is 16.5. The zero-order valence-electron chi connectivity index (χ0n) is 8.54. The van der Waals surface area contributed by atoms with E-state index in [-0.39, 0.29) is 17.7 Å². The highest BCUT2D eigenvalue weighted by molar-refractivity contribution is 6.08. The van der Waals surface area contributed by atoms with Gasteiger partial charge in [-0.25, -0.2) is 0 Å². The van der Waals surface area contributed by atoms with Crippen molar-refractivity contribution in [2.24, 2.45) is 11.3 Å². The number of carbonyl (C=O) groups is 2. The van der Waals surface area contributed by atoms with Crippen LogP contribution in [0.25, 0.3) is 0 Å². The number of unbranched alkanes of at least 4 members (excludes halogenated alkanes) is 2. The summed E-state index contributed by atoms with van der Waals surface area (Å²) in [7, 11) is 0. The Balaban J connectivity index is 1.89. The summed E-state index contributed by atoms with van der Waals surface area (Å²) in [4.78, 5) is 23.2. The number of ketones is 1. The smallest absolute Gasteiger partial charge is 0.320 e. The van der Waals surface area contributed by atoms with Crippen LogP contribution in [-0.2, 0) is 14.3 Å². The number of esters is 1. The lowest BCUT2D eigenvalue weighted by molar-refractivity contribution is -0.148. The molecular formula is C11H16O3. The van der Waals surface area contributed by atoms with Crippen molar-refractivity contribution in [3.8, 4) is 0 Å². The number of cyclic esters (lactones) is 1. The fourth-order valence-electron chi connectivity index (χ4n) is 2.30. The van der Waals surface area contributed by atoms with Gasteiger partial charge in [0.05, 0.1) is 6.61 Å². The Labute approximate surface area is 83.8 Å². The van der Waals surface area contributed by atoms with Crippen molar-refractivity contribution in [3.63, 3.8) is 0 Å². The molecule has 78 valence electrons. The lowest BCUT2D eigenvalue weighted by Crippen LogP contribution is -2.24. The van der Waals surface area contributed by atoms with Crippen LogP contribution in [0.3, 0.4) is 0 Å². The van der Waals surface area contributed by atoms with Crippen LogP contribution in [-0.4, -0.2) is 18.4 Å². The number of ether oxygens (including phenoxy) is 1. The number of Topliss-reactive ketones (excluding diaryl/α,β-unsaturated/α-hetero) is 1. The fraction of sp³-hybridized carbons (Fsp3) is 0.818. The van der Waals surface area contributed by atoms with Gasteiger partial charge in [0.25, 0.3) is 0 Å². The third-order valence-corrected chi connectivity index (χ3v) is 3.39. The molecule has 2 aliphatic rings. The second-order valence-electron chi connectivity index (χ2n) is 4.35. The van der Waals surface area contributed by atoms with Crippen LogP contribution < -0.4 is 0 Å². The lowest BCUT2D eigenvalue weighted by atomic mass is 9.95. The molecular weight excluding hydrogens is 180 g/mol. The van der Waals surface area contributed by atoms with Crippen molar-refractivity contribution >= 4 is 11.8 Å². The van der Waals surface area contributed by atoms with Crippen molar-refractivity contribution in [2.45, 2.75) is 39.0 Å². The summed E-state index contributed by atoms with van der Waals surface area (Å²) >= 11 is 0. The summed E-state index contributed by atoms with van der Waals surface area (Å²) in [5, 5.41) is 0. The molecule has 0 bridgehead atoms. The average molecular weight is 196 g/mol. The summed E-state index contributed by atoms with van der Waals surface area (Å²) in [6.07, 6.45) is 4.39. The third-order valence-electron chi connectivity index (χ3n) is 3.39. The molecule has 2 rings (SSSR count). The first-order valence-electron chi connectivity index (χ1n) is 5.42. The van der Waals surface area contributed by atoms with E-state index in [2.05, 4.69) is 6.92 Å². The van der Waals surface area contributed by atoms with Crippen LogP contribution in [0.1, 0.15) is 39.0 Å². The number of carbonyl (C=O) groups excluding carboxylic acids is 2. The predicted octanol–water partition coefficient (Wildman–Crippen LogP) is 1.70. The molecule has 1 heterocycles. The highest BCUT2D eigenvalue weighted by Gasteiger charge is 2.69. The van der Waals surface area contributed by atoms with E-state index in [1.54, 1.807) is 0 Å². The van der Waals surface area contributed by atoms with Gasteiger partial charge < -0.3 is 4.74 Å². The molecule has 0 N–H and O–H groups in total. The molecule has 0 aromatic carbocycles. The summed E-state index contributed by atoms with van der Waals surface area (Å²) in [5.41, 5.74) is -0.673. The minimum atomic E-state index is -0.673. The summed E-state index contributed by atoms with van der Waals surface area (Å²) < 4.78 is 4.89. The Morgan fingerprint density at radius 2 is 2.36 bits per heavy atom. The third kappa shape index (κ3) is 1.26. The average Bonchev–Trinajstić information content (AvgIpc) is 2.83. The van der Waals surface area contributed by atoms with Crippen molar-refractivity contribution in [1.29, 1.82) is 0 Å². The van der Waals surface area contributed by atoms with Gasteiger partial charge in [-0.15, -0.1) is 0 Å². The Hall–Kier alpha value is -0.860. The monoisotopic (exact) mass is 196 g/mol. The predicted molar refractivity (Wildman–Crippen MR) is 50.6 cm³/mol. The molecule has 2 fully saturated rings. The molecule has 2 atom stereocenters. The van der Waals surface area contributed by atoms with Crippen LogP contribution in [0.4, 0.5) is 0 Å². The number of hydrogen-bond donors (Lipinski definition) is 0. The minimum absolute atomic E-state index is 0.124. The van der Waals surface area contributed by atoms with E-state index < -0.39 is 5.41 Å². The van der Waals surface area contributed by atoms with Gasteiger partial charge in [-0.2, -0.15) is 0 Å². The van der Waals surface area contributed by atoms with Gasteiger partial charge in [-0.1, -0.05) is 19.8 Å². The Morgan fingerprint density at radius 1 is 1.57 bits per heavy atom. The minimum Gasteiger partial charge on any atom is -0.465 e. The molecule has 0 aromatic heterocycles. The van der Waals surface area contributed by atoms with Crippen molar-refractivity contribution < 1.29 is 14.3 Å². The van der Waals surface area contributed by atoms with Gasteiger partial charge in [-0.05, 0) is 12.8 Å². The van der Waals surface area contributed by atoms with E-state index in [1.165, 1.54) is 0 Å². The standard InChI is InChI=1S/C11H16O3/c1-2-3-4-5-9(12)11-6-8(11)7-14-10(11)13/h8H,2-7H2,1H3. The largest absolute Gasteiger partial charge is 0.465 e. The molecule has 1 aliphatic heterocycles. The van der Waals surface area contributed by atoms with Crippen LogP contribution in [0.2, 0.25) is 0 Å². The maximum absolute atomic E-state index is 11.8. The van der Waals surface area contributed by atoms with E-state index in [1.807, 2.05) is 0 Å². The maximum atomic E-state index is 11.8. The van der Waals surface area contributed by atoms with E-state index in [9.17, 15) is 9.59 Å². The zero-order valence-corrected chi connectivity index (χ0v) is 8.54. The van der Waals surface area contributed by atoms with Crippen LogP contribution in [0.5, 0.6) is 0 Å². The quantitative estimate of drug-likeness (QED) is 0.382. The van der Waals surface area contributed by atoms with Crippen molar-refractivity contribution in [1.82, 2.24) is 0 Å².